The molecule has 0 bridgehead atoms. The zero-order valence-electron chi connectivity index (χ0n) is 9.01. The smallest absolute Gasteiger partial charge is 0.109 e. The van der Waals surface area contributed by atoms with E-state index in [1.165, 1.54) is 5.52 Å². The van der Waals surface area contributed by atoms with Crippen LogP contribution >= 0.6 is 0 Å². The maximum Gasteiger partial charge on any atom is 0.109 e. The highest BCUT2D eigenvalue weighted by molar-refractivity contribution is 5.84. The van der Waals surface area contributed by atoms with Gasteiger partial charge in [0.2, 0.25) is 0 Å². The molecular formula is C12H16N2O. The van der Waals surface area contributed by atoms with E-state index in [2.05, 4.69) is 16.7 Å². The van der Waals surface area contributed by atoms with Gasteiger partial charge < -0.3 is 15.4 Å². The third-order valence-electron chi connectivity index (χ3n) is 2.93. The summed E-state index contributed by atoms with van der Waals surface area (Å²) in [5.41, 5.74) is 7.78. The number of nitrogens with zero attached hydrogens (tertiary/aromatic N) is 1. The topological polar surface area (TPSA) is 51.2 Å². The minimum absolute atomic E-state index is 0.0453. The number of aliphatic hydroxyl groups is 1. The first-order valence-electron chi connectivity index (χ1n) is 5.09. The number of benzene rings is 1. The van der Waals surface area contributed by atoms with Crippen LogP contribution in [0.2, 0.25) is 0 Å². The number of hydrogen-bond acceptors (Lipinski definition) is 2. The zero-order chi connectivity index (χ0) is 11.0. The fraction of sp³-hybridized carbons (Fsp3) is 0.333. The van der Waals surface area contributed by atoms with Crippen LogP contribution < -0.4 is 5.73 Å². The fourth-order valence-electron chi connectivity index (χ4n) is 1.92. The summed E-state index contributed by atoms with van der Waals surface area (Å²) in [7, 11) is 2.00. The minimum Gasteiger partial charge on any atom is -0.378 e. The lowest BCUT2D eigenvalue weighted by Crippen LogP contribution is -2.25. The maximum atomic E-state index is 9.41. The van der Waals surface area contributed by atoms with Gasteiger partial charge in [-0.15, -0.1) is 0 Å². The van der Waals surface area contributed by atoms with Crippen LogP contribution in [0.5, 0.6) is 0 Å². The van der Waals surface area contributed by atoms with E-state index in [9.17, 15) is 5.11 Å². The number of hydrogen-bond donors (Lipinski definition) is 2. The average molecular weight is 204 g/mol. The Hall–Kier alpha value is -1.32. The molecule has 0 amide bonds. The van der Waals surface area contributed by atoms with Gasteiger partial charge in [-0.3, -0.25) is 0 Å². The Morgan fingerprint density at radius 1 is 1.33 bits per heavy atom. The van der Waals surface area contributed by atoms with Crippen molar-refractivity contribution in [2.24, 2.45) is 12.8 Å². The van der Waals surface area contributed by atoms with Crippen LogP contribution in [0.1, 0.15) is 18.4 Å². The summed E-state index contributed by atoms with van der Waals surface area (Å²) >= 11 is 0. The monoisotopic (exact) mass is 204 g/mol. The van der Waals surface area contributed by atoms with E-state index in [4.69, 9.17) is 5.73 Å². The van der Waals surface area contributed by atoms with Gasteiger partial charge in [0.05, 0.1) is 0 Å². The van der Waals surface area contributed by atoms with Crippen molar-refractivity contribution in [3.05, 3.63) is 36.0 Å². The van der Waals surface area contributed by atoms with Gasteiger partial charge in [0.15, 0.2) is 0 Å². The molecule has 0 radical (unpaired) electrons. The van der Waals surface area contributed by atoms with Crippen molar-refractivity contribution < 1.29 is 5.11 Å². The summed E-state index contributed by atoms with van der Waals surface area (Å²) in [5.74, 6) is -0.0453. The number of aromatic nitrogens is 1. The number of aliphatic hydroxyl groups excluding tert-OH is 1. The lowest BCUT2D eigenvalue weighted by Gasteiger charge is -2.13. The van der Waals surface area contributed by atoms with Gasteiger partial charge in [-0.2, -0.15) is 0 Å². The first-order chi connectivity index (χ1) is 7.11. The Balaban J connectivity index is 2.62. The quantitative estimate of drug-likeness (QED) is 0.729. The predicted molar refractivity (Wildman–Crippen MR) is 61.5 cm³/mol. The number of rotatable bonds is 2. The molecule has 1 unspecified atom stereocenters. The van der Waals surface area contributed by atoms with Gasteiger partial charge >= 0.3 is 0 Å². The fourth-order valence-corrected chi connectivity index (χ4v) is 1.92. The van der Waals surface area contributed by atoms with Gasteiger partial charge in [-0.1, -0.05) is 25.1 Å². The third-order valence-corrected chi connectivity index (χ3v) is 2.93. The van der Waals surface area contributed by atoms with Crippen molar-refractivity contribution in [3.63, 3.8) is 0 Å². The van der Waals surface area contributed by atoms with Gasteiger partial charge in [0.25, 0.3) is 0 Å². The Bertz CT molecular complexity index is 473. The summed E-state index contributed by atoms with van der Waals surface area (Å²) < 4.78 is 2.06. The average Bonchev–Trinajstić information content (AvgIpc) is 2.56. The molecule has 3 heteroatoms. The number of nitrogens with two attached hydrogens (primary N) is 1. The number of aryl methyl sites for hydroxylation is 1. The van der Waals surface area contributed by atoms with Gasteiger partial charge in [-0.25, -0.2) is 0 Å². The molecule has 0 aliphatic rings. The lowest BCUT2D eigenvalue weighted by atomic mass is 9.99. The highest BCUT2D eigenvalue weighted by atomic mass is 16.3. The summed E-state index contributed by atoms with van der Waals surface area (Å²) in [6, 6.07) is 8.13. The van der Waals surface area contributed by atoms with Crippen molar-refractivity contribution in [2.75, 3.05) is 0 Å². The van der Waals surface area contributed by atoms with Gasteiger partial charge in [-0.05, 0) is 11.6 Å². The molecule has 1 heterocycles. The molecule has 15 heavy (non-hydrogen) atoms. The standard InChI is InChI=1S/C12H16N2O/c1-8(12(13)15)10-7-14(2)11-6-4-3-5-9(10)11/h3-8,12,15H,13H2,1-2H3/t8?,12-/m1/s1. The normalized spacial score (nSPS) is 15.5. The molecule has 1 aromatic heterocycles. The number of fused-ring (bicyclic) bond motifs is 1. The maximum absolute atomic E-state index is 9.41. The first kappa shape index (κ1) is 10.2. The van der Waals surface area contributed by atoms with Crippen LogP contribution in [0.4, 0.5) is 0 Å². The van der Waals surface area contributed by atoms with E-state index < -0.39 is 6.23 Å². The SMILES string of the molecule is CC(c1cn(C)c2ccccc12)[C@H](N)O. The third kappa shape index (κ3) is 1.64. The van der Waals surface area contributed by atoms with E-state index >= 15 is 0 Å². The molecule has 80 valence electrons. The Labute approximate surface area is 89.1 Å². The predicted octanol–water partition coefficient (Wildman–Crippen LogP) is 1.56. The second-order valence-electron chi connectivity index (χ2n) is 3.99. The van der Waals surface area contributed by atoms with Crippen LogP contribution in [0, 0.1) is 0 Å². The Morgan fingerprint density at radius 3 is 2.67 bits per heavy atom. The molecule has 0 aliphatic heterocycles. The molecule has 3 N–H and O–H groups in total. The van der Waals surface area contributed by atoms with Crippen LogP contribution in [-0.4, -0.2) is 15.9 Å². The zero-order valence-corrected chi connectivity index (χ0v) is 9.01. The highest BCUT2D eigenvalue weighted by Crippen LogP contribution is 2.27. The highest BCUT2D eigenvalue weighted by Gasteiger charge is 2.16. The minimum atomic E-state index is -0.809. The second-order valence-corrected chi connectivity index (χ2v) is 3.99. The Morgan fingerprint density at radius 2 is 2.00 bits per heavy atom. The lowest BCUT2D eigenvalue weighted by molar-refractivity contribution is 0.157. The summed E-state index contributed by atoms with van der Waals surface area (Å²) in [6.07, 6.45) is 1.22. The van der Waals surface area contributed by atoms with Gasteiger partial charge in [0.1, 0.15) is 6.23 Å². The first-order valence-corrected chi connectivity index (χ1v) is 5.09. The van der Waals surface area contributed by atoms with E-state index in [0.717, 1.165) is 10.9 Å². The molecule has 1 aromatic carbocycles. The van der Waals surface area contributed by atoms with E-state index in [-0.39, 0.29) is 5.92 Å². The van der Waals surface area contributed by atoms with Crippen LogP contribution in [0.25, 0.3) is 10.9 Å². The van der Waals surface area contributed by atoms with Crippen molar-refractivity contribution in [1.29, 1.82) is 0 Å². The molecule has 2 atom stereocenters. The second kappa shape index (κ2) is 3.68. The van der Waals surface area contributed by atoms with Crippen molar-refractivity contribution >= 4 is 10.9 Å². The molecule has 2 aromatic rings. The summed E-state index contributed by atoms with van der Waals surface area (Å²) in [5, 5.41) is 10.6. The van der Waals surface area contributed by atoms with E-state index in [0.29, 0.717) is 0 Å². The summed E-state index contributed by atoms with van der Waals surface area (Å²) in [6.45, 7) is 1.94. The number of para-hydroxylation sites is 1. The van der Waals surface area contributed by atoms with Crippen molar-refractivity contribution in [3.8, 4) is 0 Å². The van der Waals surface area contributed by atoms with E-state index in [1.54, 1.807) is 0 Å². The Kier molecular flexibility index (Phi) is 2.50. The van der Waals surface area contributed by atoms with Gasteiger partial charge in [0, 0.05) is 30.1 Å². The molecule has 0 spiro atoms. The molecule has 0 saturated carbocycles. The van der Waals surface area contributed by atoms with Crippen LogP contribution in [-0.2, 0) is 7.05 Å². The van der Waals surface area contributed by atoms with Crippen LogP contribution in [0.3, 0.4) is 0 Å². The molecule has 2 rings (SSSR count). The van der Waals surface area contributed by atoms with Crippen molar-refractivity contribution in [2.45, 2.75) is 19.1 Å². The molecule has 0 saturated heterocycles. The van der Waals surface area contributed by atoms with Crippen LogP contribution in [0.15, 0.2) is 30.5 Å². The molecule has 0 fully saturated rings. The van der Waals surface area contributed by atoms with E-state index in [1.807, 2.05) is 32.3 Å². The molecule has 3 nitrogen and oxygen atoms in total. The summed E-state index contributed by atoms with van der Waals surface area (Å²) in [4.78, 5) is 0. The molecule has 0 aliphatic carbocycles. The molecular weight excluding hydrogens is 188 g/mol. The largest absolute Gasteiger partial charge is 0.378 e. The van der Waals surface area contributed by atoms with Crippen molar-refractivity contribution in [1.82, 2.24) is 4.57 Å².